The predicted molar refractivity (Wildman–Crippen MR) is 95.0 cm³/mol. The van der Waals surface area contributed by atoms with Crippen LogP contribution < -0.4 is 4.90 Å². The van der Waals surface area contributed by atoms with Gasteiger partial charge in [-0.3, -0.25) is 10.1 Å². The zero-order valence-electron chi connectivity index (χ0n) is 13.9. The number of halogens is 1. The lowest BCUT2D eigenvalue weighted by atomic mass is 10.1. The lowest BCUT2D eigenvalue weighted by Gasteiger charge is -2.23. The van der Waals surface area contributed by atoms with Crippen molar-refractivity contribution in [1.82, 2.24) is 4.98 Å². The second-order valence-electron chi connectivity index (χ2n) is 5.20. The number of anilines is 1. The van der Waals surface area contributed by atoms with Gasteiger partial charge in [0, 0.05) is 37.0 Å². The summed E-state index contributed by atoms with van der Waals surface area (Å²) in [6.45, 7) is 5.22. The minimum atomic E-state index is -0.624. The number of nitro groups is 1. The molecule has 0 N–H and O–H groups in total. The Morgan fingerprint density at radius 3 is 2.56 bits per heavy atom. The average Bonchev–Trinajstić information content (AvgIpc) is 2.62. The van der Waals surface area contributed by atoms with E-state index in [1.807, 2.05) is 18.7 Å². The van der Waals surface area contributed by atoms with Gasteiger partial charge in [-0.2, -0.15) is 0 Å². The van der Waals surface area contributed by atoms with Crippen LogP contribution in [0.15, 0.2) is 36.5 Å². The third kappa shape index (κ3) is 4.67. The van der Waals surface area contributed by atoms with Crippen molar-refractivity contribution in [3.05, 3.63) is 62.9 Å². The van der Waals surface area contributed by atoms with Crippen molar-refractivity contribution >= 4 is 28.9 Å². The Kier molecular flexibility index (Phi) is 6.30. The smallest absolute Gasteiger partial charge is 0.340 e. The SMILES string of the molecule is CCN(CC)c1ccc([N+](=O)[O-])cc1C(=O)OCc1ccc(Cl)nc1. The molecule has 0 spiro atoms. The first-order valence-corrected chi connectivity index (χ1v) is 8.15. The predicted octanol–water partition coefficient (Wildman–Crippen LogP) is 3.85. The fourth-order valence-corrected chi connectivity index (χ4v) is 2.47. The van der Waals surface area contributed by atoms with E-state index in [9.17, 15) is 14.9 Å². The molecule has 132 valence electrons. The molecule has 2 rings (SSSR count). The maximum Gasteiger partial charge on any atom is 0.340 e. The van der Waals surface area contributed by atoms with E-state index in [-0.39, 0.29) is 17.9 Å². The number of hydrogen-bond acceptors (Lipinski definition) is 6. The fraction of sp³-hybridized carbons (Fsp3) is 0.294. The number of non-ortho nitro benzene ring substituents is 1. The number of rotatable bonds is 7. The number of esters is 1. The molecule has 0 fully saturated rings. The topological polar surface area (TPSA) is 85.6 Å². The van der Waals surface area contributed by atoms with E-state index in [1.54, 1.807) is 18.2 Å². The van der Waals surface area contributed by atoms with Crippen LogP contribution in [0.2, 0.25) is 5.15 Å². The Labute approximate surface area is 150 Å². The number of pyridine rings is 1. The first-order chi connectivity index (χ1) is 12.0. The molecule has 0 unspecified atom stereocenters. The first-order valence-electron chi connectivity index (χ1n) is 7.77. The molecule has 8 heteroatoms. The number of nitrogens with zero attached hydrogens (tertiary/aromatic N) is 3. The Morgan fingerprint density at radius 1 is 1.28 bits per heavy atom. The highest BCUT2D eigenvalue weighted by molar-refractivity contribution is 6.29. The van der Waals surface area contributed by atoms with E-state index in [0.29, 0.717) is 29.5 Å². The molecule has 0 amide bonds. The minimum Gasteiger partial charge on any atom is -0.457 e. The number of carbonyl (C=O) groups is 1. The van der Waals surface area contributed by atoms with Crippen LogP contribution in [0.1, 0.15) is 29.8 Å². The van der Waals surface area contributed by atoms with Crippen molar-refractivity contribution in [3.8, 4) is 0 Å². The van der Waals surface area contributed by atoms with Crippen molar-refractivity contribution in [1.29, 1.82) is 0 Å². The summed E-state index contributed by atoms with van der Waals surface area (Å²) in [6, 6.07) is 7.50. The molecule has 2 aromatic rings. The summed E-state index contributed by atoms with van der Waals surface area (Å²) in [5, 5.41) is 11.4. The van der Waals surface area contributed by atoms with Crippen LogP contribution in [0.4, 0.5) is 11.4 Å². The Hall–Kier alpha value is -2.67. The highest BCUT2D eigenvalue weighted by Crippen LogP contribution is 2.26. The van der Waals surface area contributed by atoms with Gasteiger partial charge in [-0.05, 0) is 26.0 Å². The van der Waals surface area contributed by atoms with Gasteiger partial charge in [0.2, 0.25) is 0 Å². The lowest BCUT2D eigenvalue weighted by molar-refractivity contribution is -0.384. The Morgan fingerprint density at radius 2 is 2.00 bits per heavy atom. The molecule has 0 aliphatic rings. The molecule has 0 bridgehead atoms. The molecular weight excluding hydrogens is 346 g/mol. The maximum absolute atomic E-state index is 12.5. The summed E-state index contributed by atoms with van der Waals surface area (Å²) in [4.78, 5) is 28.8. The van der Waals surface area contributed by atoms with Crippen LogP contribution >= 0.6 is 11.6 Å². The van der Waals surface area contributed by atoms with Gasteiger partial charge < -0.3 is 9.64 Å². The van der Waals surface area contributed by atoms with E-state index < -0.39 is 10.9 Å². The molecule has 7 nitrogen and oxygen atoms in total. The van der Waals surface area contributed by atoms with Crippen molar-refractivity contribution in [3.63, 3.8) is 0 Å². The van der Waals surface area contributed by atoms with Gasteiger partial charge in [0.25, 0.3) is 5.69 Å². The molecule has 0 aliphatic carbocycles. The molecule has 0 atom stereocenters. The van der Waals surface area contributed by atoms with Gasteiger partial charge >= 0.3 is 5.97 Å². The van der Waals surface area contributed by atoms with Crippen molar-refractivity contribution in [2.75, 3.05) is 18.0 Å². The summed E-state index contributed by atoms with van der Waals surface area (Å²) in [5.41, 5.74) is 1.29. The number of benzene rings is 1. The number of ether oxygens (including phenoxy) is 1. The van der Waals surface area contributed by atoms with E-state index in [2.05, 4.69) is 4.98 Å². The van der Waals surface area contributed by atoms with E-state index in [4.69, 9.17) is 16.3 Å². The molecule has 0 aliphatic heterocycles. The van der Waals surface area contributed by atoms with Gasteiger partial charge in [-0.25, -0.2) is 9.78 Å². The fourth-order valence-electron chi connectivity index (χ4n) is 2.36. The minimum absolute atomic E-state index is 0.00336. The Bertz CT molecular complexity index is 761. The van der Waals surface area contributed by atoms with Crippen molar-refractivity contribution in [2.24, 2.45) is 0 Å². The summed E-state index contributed by atoms with van der Waals surface area (Å²) in [5.74, 6) is -0.624. The zero-order valence-corrected chi connectivity index (χ0v) is 14.7. The van der Waals surface area contributed by atoms with Crippen LogP contribution in [0.25, 0.3) is 0 Å². The van der Waals surface area contributed by atoms with E-state index >= 15 is 0 Å². The highest BCUT2D eigenvalue weighted by Gasteiger charge is 2.20. The second kappa shape index (κ2) is 8.43. The van der Waals surface area contributed by atoms with Crippen LogP contribution in [0, 0.1) is 10.1 Å². The highest BCUT2D eigenvalue weighted by atomic mass is 35.5. The number of nitro benzene ring substituents is 1. The summed E-state index contributed by atoms with van der Waals surface area (Å²) < 4.78 is 5.30. The van der Waals surface area contributed by atoms with E-state index in [0.717, 1.165) is 0 Å². The largest absolute Gasteiger partial charge is 0.457 e. The normalized spacial score (nSPS) is 10.4. The van der Waals surface area contributed by atoms with Crippen LogP contribution in [0.5, 0.6) is 0 Å². The molecule has 25 heavy (non-hydrogen) atoms. The zero-order chi connectivity index (χ0) is 18.4. The van der Waals surface area contributed by atoms with E-state index in [1.165, 1.54) is 18.3 Å². The van der Waals surface area contributed by atoms with Crippen molar-refractivity contribution in [2.45, 2.75) is 20.5 Å². The number of carbonyl (C=O) groups excluding carboxylic acids is 1. The molecule has 0 saturated heterocycles. The molecule has 1 aromatic heterocycles. The van der Waals surface area contributed by atoms with Gasteiger partial charge in [-0.1, -0.05) is 17.7 Å². The standard InChI is InChI=1S/C17H18ClN3O4/c1-3-20(4-2)15-7-6-13(21(23)24)9-14(15)17(22)25-11-12-5-8-16(18)19-10-12/h5-10H,3-4,11H2,1-2H3. The maximum atomic E-state index is 12.5. The Balaban J connectivity index is 2.27. The molecular formula is C17H18ClN3O4. The number of aromatic nitrogens is 1. The van der Waals surface area contributed by atoms with Crippen LogP contribution in [-0.2, 0) is 11.3 Å². The quantitative estimate of drug-likeness (QED) is 0.321. The monoisotopic (exact) mass is 363 g/mol. The van der Waals surface area contributed by atoms with Gasteiger partial charge in [0.05, 0.1) is 16.2 Å². The molecule has 0 radical (unpaired) electrons. The van der Waals surface area contributed by atoms with Gasteiger partial charge in [0.1, 0.15) is 11.8 Å². The van der Waals surface area contributed by atoms with Gasteiger partial charge in [-0.15, -0.1) is 0 Å². The lowest BCUT2D eigenvalue weighted by Crippen LogP contribution is -2.24. The molecule has 0 saturated carbocycles. The molecule has 1 aromatic carbocycles. The van der Waals surface area contributed by atoms with Crippen LogP contribution in [-0.4, -0.2) is 29.0 Å². The van der Waals surface area contributed by atoms with Crippen molar-refractivity contribution < 1.29 is 14.5 Å². The van der Waals surface area contributed by atoms with Gasteiger partial charge in [0.15, 0.2) is 0 Å². The van der Waals surface area contributed by atoms with Crippen LogP contribution in [0.3, 0.4) is 0 Å². The number of hydrogen-bond donors (Lipinski definition) is 0. The first kappa shape index (κ1) is 18.7. The third-order valence-corrected chi connectivity index (χ3v) is 3.90. The summed E-state index contributed by atoms with van der Waals surface area (Å²) >= 11 is 5.72. The summed E-state index contributed by atoms with van der Waals surface area (Å²) in [7, 11) is 0. The summed E-state index contributed by atoms with van der Waals surface area (Å²) in [6.07, 6.45) is 1.51. The molecule has 1 heterocycles. The second-order valence-corrected chi connectivity index (χ2v) is 5.58. The average molecular weight is 364 g/mol. The third-order valence-electron chi connectivity index (χ3n) is 3.67.